The van der Waals surface area contributed by atoms with Crippen LogP contribution in [-0.2, 0) is 9.44 Å². The van der Waals surface area contributed by atoms with Crippen molar-refractivity contribution in [2.45, 2.75) is 26.7 Å². The van der Waals surface area contributed by atoms with Crippen molar-refractivity contribution in [3.63, 3.8) is 0 Å². The molecule has 4 heteroatoms. The Hall–Kier alpha value is -0.505. The fourth-order valence-electron chi connectivity index (χ4n) is 1.30. The van der Waals surface area contributed by atoms with Crippen LogP contribution >= 0.6 is 0 Å². The zero-order chi connectivity index (χ0) is 9.61. The number of methoxy groups -OCH3 is 1. The van der Waals surface area contributed by atoms with Gasteiger partial charge in [-0.15, -0.1) is 0 Å². The standard InChI is InChI=1S/C8H16BNO2/c1-4-5-8(2,6-12-3)7(10)9-11/h10H,4-6H2,1-3H3/t8-/m0/s1. The van der Waals surface area contributed by atoms with Crippen molar-refractivity contribution in [3.8, 4) is 0 Å². The summed E-state index contributed by atoms with van der Waals surface area (Å²) < 4.78 is 15.4. The molecule has 0 fully saturated rings. The Morgan fingerprint density at radius 3 is 2.58 bits per heavy atom. The van der Waals surface area contributed by atoms with E-state index in [0.29, 0.717) is 13.8 Å². The monoisotopic (exact) mass is 169 g/mol. The average Bonchev–Trinajstić information content (AvgIpc) is 2.04. The molecule has 1 atom stereocenters. The molecule has 0 bridgehead atoms. The second-order valence-electron chi connectivity index (χ2n) is 3.28. The first-order valence-electron chi connectivity index (χ1n) is 4.14. The van der Waals surface area contributed by atoms with E-state index in [9.17, 15) is 4.70 Å². The summed E-state index contributed by atoms with van der Waals surface area (Å²) >= 11 is 0. The summed E-state index contributed by atoms with van der Waals surface area (Å²) in [6.07, 6.45) is 1.77. The van der Waals surface area contributed by atoms with Gasteiger partial charge in [0.15, 0.2) is 0 Å². The molecule has 0 aliphatic rings. The Morgan fingerprint density at radius 1 is 1.67 bits per heavy atom. The number of hydrogen-bond acceptors (Lipinski definition) is 3. The van der Waals surface area contributed by atoms with Crippen LogP contribution in [0.4, 0.5) is 0 Å². The minimum atomic E-state index is -0.398. The fourth-order valence-corrected chi connectivity index (χ4v) is 1.30. The van der Waals surface area contributed by atoms with Gasteiger partial charge in [0.25, 0.3) is 0 Å². The van der Waals surface area contributed by atoms with E-state index in [1.54, 1.807) is 7.11 Å². The topological polar surface area (TPSA) is 50.1 Å². The predicted octanol–water partition coefficient (Wildman–Crippen LogP) is 1.47. The average molecular weight is 169 g/mol. The Morgan fingerprint density at radius 2 is 2.25 bits per heavy atom. The van der Waals surface area contributed by atoms with Gasteiger partial charge in [0.2, 0.25) is 0 Å². The molecule has 0 spiro atoms. The number of rotatable bonds is 6. The number of nitrogens with one attached hydrogen (secondary N) is 1. The molecule has 0 aliphatic heterocycles. The molecule has 0 aliphatic carbocycles. The third-order valence-electron chi connectivity index (χ3n) is 2.03. The van der Waals surface area contributed by atoms with Crippen molar-refractivity contribution in [3.05, 3.63) is 0 Å². The van der Waals surface area contributed by atoms with E-state index < -0.39 is 5.41 Å². The van der Waals surface area contributed by atoms with E-state index >= 15 is 0 Å². The van der Waals surface area contributed by atoms with Crippen molar-refractivity contribution in [1.29, 1.82) is 5.41 Å². The number of hydrogen-bond donors (Lipinski definition) is 1. The number of ether oxygens (including phenoxy) is 1. The molecular weight excluding hydrogens is 153 g/mol. The molecule has 0 aromatic carbocycles. The van der Waals surface area contributed by atoms with Gasteiger partial charge in [0, 0.05) is 0 Å². The van der Waals surface area contributed by atoms with Crippen LogP contribution in [0.25, 0.3) is 0 Å². The van der Waals surface area contributed by atoms with Gasteiger partial charge in [-0.25, -0.2) is 0 Å². The third kappa shape index (κ3) is 2.85. The van der Waals surface area contributed by atoms with Crippen LogP contribution < -0.4 is 0 Å². The van der Waals surface area contributed by atoms with Gasteiger partial charge < -0.3 is 0 Å². The van der Waals surface area contributed by atoms with Crippen LogP contribution in [0.15, 0.2) is 0 Å². The first kappa shape index (κ1) is 11.5. The van der Waals surface area contributed by atoms with Gasteiger partial charge in [-0.3, -0.25) is 0 Å². The van der Waals surface area contributed by atoms with Crippen molar-refractivity contribution < 1.29 is 9.44 Å². The van der Waals surface area contributed by atoms with Crippen LogP contribution in [0.5, 0.6) is 0 Å². The van der Waals surface area contributed by atoms with Crippen LogP contribution in [0.1, 0.15) is 26.7 Å². The third-order valence-corrected chi connectivity index (χ3v) is 2.03. The Labute approximate surface area is 74.3 Å². The molecular formula is C8H16BNO2. The molecule has 0 unspecified atom stereocenters. The van der Waals surface area contributed by atoms with Gasteiger partial charge in [-0.2, -0.15) is 0 Å². The first-order valence-corrected chi connectivity index (χ1v) is 4.14. The SMILES string of the molecule is CCC[C@@](C)(COC)C(=N)B=O. The van der Waals surface area contributed by atoms with E-state index in [1.165, 1.54) is 0 Å². The molecule has 0 aromatic rings. The van der Waals surface area contributed by atoms with E-state index in [-0.39, 0.29) is 5.61 Å². The predicted molar refractivity (Wildman–Crippen MR) is 49.1 cm³/mol. The molecule has 0 amide bonds. The normalized spacial score (nSPS) is 14.9. The van der Waals surface area contributed by atoms with E-state index in [4.69, 9.17) is 10.1 Å². The van der Waals surface area contributed by atoms with Gasteiger partial charge in [0.1, 0.15) is 0 Å². The van der Waals surface area contributed by atoms with Gasteiger partial charge >= 0.3 is 73.4 Å². The molecule has 68 valence electrons. The quantitative estimate of drug-likeness (QED) is 0.483. The molecule has 3 nitrogen and oxygen atoms in total. The molecule has 1 N–H and O–H groups in total. The summed E-state index contributed by atoms with van der Waals surface area (Å²) in [6, 6.07) is 0. The maximum atomic E-state index is 10.4. The maximum absolute atomic E-state index is 10.4. The van der Waals surface area contributed by atoms with Gasteiger partial charge in [-0.05, 0) is 0 Å². The van der Waals surface area contributed by atoms with E-state index in [0.717, 1.165) is 12.8 Å². The van der Waals surface area contributed by atoms with Crippen LogP contribution in [0.3, 0.4) is 0 Å². The second-order valence-corrected chi connectivity index (χ2v) is 3.28. The summed E-state index contributed by atoms with van der Waals surface area (Å²) in [5, 5.41) is 7.45. The summed E-state index contributed by atoms with van der Waals surface area (Å²) in [6.45, 7) is 4.36. The summed E-state index contributed by atoms with van der Waals surface area (Å²) in [4.78, 5) is 0. The molecule has 12 heavy (non-hydrogen) atoms. The zero-order valence-corrected chi connectivity index (χ0v) is 8.02. The fraction of sp³-hybridized carbons (Fsp3) is 0.875. The van der Waals surface area contributed by atoms with E-state index in [1.807, 2.05) is 13.8 Å². The van der Waals surface area contributed by atoms with Gasteiger partial charge in [0.05, 0.1) is 0 Å². The molecule has 0 radical (unpaired) electrons. The Kier molecular flexibility index (Phi) is 4.98. The molecule has 0 rings (SSSR count). The molecule has 0 aromatic heterocycles. The molecule has 0 saturated heterocycles. The summed E-state index contributed by atoms with van der Waals surface area (Å²) in [5.41, 5.74) is -0.267. The molecule has 0 saturated carbocycles. The van der Waals surface area contributed by atoms with Crippen molar-refractivity contribution in [2.24, 2.45) is 5.41 Å². The van der Waals surface area contributed by atoms with Crippen molar-refractivity contribution in [1.82, 2.24) is 0 Å². The van der Waals surface area contributed by atoms with Crippen LogP contribution in [-0.4, -0.2) is 26.5 Å². The van der Waals surface area contributed by atoms with E-state index in [2.05, 4.69) is 0 Å². The zero-order valence-electron chi connectivity index (χ0n) is 8.02. The van der Waals surface area contributed by atoms with Crippen LogP contribution in [0.2, 0.25) is 0 Å². The van der Waals surface area contributed by atoms with Gasteiger partial charge in [-0.1, -0.05) is 0 Å². The van der Waals surface area contributed by atoms with Crippen molar-refractivity contribution >= 4 is 12.8 Å². The Balaban J connectivity index is 4.36. The summed E-state index contributed by atoms with van der Waals surface area (Å²) in [7, 11) is 2.20. The summed E-state index contributed by atoms with van der Waals surface area (Å²) in [5.74, 6) is 0. The first-order chi connectivity index (χ1) is 5.60. The van der Waals surface area contributed by atoms with Crippen LogP contribution in [0, 0.1) is 10.8 Å². The molecule has 0 heterocycles. The second kappa shape index (κ2) is 5.20. The van der Waals surface area contributed by atoms with Crippen molar-refractivity contribution in [2.75, 3.05) is 13.7 Å². The minimum absolute atomic E-state index is 0.131. The Bertz CT molecular complexity index is 164.